The van der Waals surface area contributed by atoms with E-state index in [9.17, 15) is 4.79 Å². The minimum Gasteiger partial charge on any atom is -0.373 e. The van der Waals surface area contributed by atoms with E-state index in [0.29, 0.717) is 11.6 Å². The fourth-order valence-corrected chi connectivity index (χ4v) is 2.90. The summed E-state index contributed by atoms with van der Waals surface area (Å²) in [6, 6.07) is 15.5. The molecule has 1 saturated carbocycles. The molecule has 2 heterocycles. The summed E-state index contributed by atoms with van der Waals surface area (Å²) in [5.41, 5.74) is 1.32. The Hall–Kier alpha value is -2.89. The zero-order valence-electron chi connectivity index (χ0n) is 12.8. The topological polar surface area (TPSA) is 71.3 Å². The summed E-state index contributed by atoms with van der Waals surface area (Å²) in [4.78, 5) is 17.1. The Kier molecular flexibility index (Phi) is 3.04. The number of amides is 1. The van der Waals surface area contributed by atoms with Crippen LogP contribution in [-0.4, -0.2) is 27.6 Å². The van der Waals surface area contributed by atoms with E-state index in [1.54, 1.807) is 4.52 Å². The predicted octanol–water partition coefficient (Wildman–Crippen LogP) is 2.44. The number of anilines is 2. The van der Waals surface area contributed by atoms with Gasteiger partial charge in [0.25, 0.3) is 0 Å². The van der Waals surface area contributed by atoms with Gasteiger partial charge in [0.05, 0.1) is 5.41 Å². The lowest BCUT2D eigenvalue weighted by atomic mass is 9.95. The van der Waals surface area contributed by atoms with E-state index in [2.05, 4.69) is 20.7 Å². The molecule has 116 valence electrons. The van der Waals surface area contributed by atoms with Crippen LogP contribution in [0.15, 0.2) is 48.5 Å². The quantitative estimate of drug-likeness (QED) is 0.776. The Bertz CT molecular complexity index is 867. The number of carbonyl (C=O) groups is 1. The average molecular weight is 307 g/mol. The van der Waals surface area contributed by atoms with Gasteiger partial charge in [-0.05, 0) is 30.5 Å². The molecule has 1 aliphatic rings. The summed E-state index contributed by atoms with van der Waals surface area (Å²) in [5.74, 6) is 1.12. The number of nitrogens with one attached hydrogen (secondary N) is 2. The van der Waals surface area contributed by atoms with Crippen molar-refractivity contribution < 1.29 is 4.79 Å². The molecule has 2 N–H and O–H groups in total. The highest BCUT2D eigenvalue weighted by atomic mass is 16.2. The largest absolute Gasteiger partial charge is 0.373 e. The summed E-state index contributed by atoms with van der Waals surface area (Å²) in [7, 11) is 1.82. The number of nitrogens with zero attached hydrogens (tertiary/aromatic N) is 3. The predicted molar refractivity (Wildman–Crippen MR) is 88.5 cm³/mol. The van der Waals surface area contributed by atoms with Crippen LogP contribution in [-0.2, 0) is 10.2 Å². The first kappa shape index (κ1) is 13.8. The van der Waals surface area contributed by atoms with E-state index >= 15 is 0 Å². The van der Waals surface area contributed by atoms with E-state index < -0.39 is 5.41 Å². The summed E-state index contributed by atoms with van der Waals surface area (Å²) in [6.45, 7) is 0. The van der Waals surface area contributed by atoms with Crippen LogP contribution in [0.25, 0.3) is 5.65 Å². The second-order valence-electron chi connectivity index (χ2n) is 5.77. The third-order valence-corrected chi connectivity index (χ3v) is 4.35. The van der Waals surface area contributed by atoms with Crippen LogP contribution in [0.2, 0.25) is 0 Å². The van der Waals surface area contributed by atoms with Crippen molar-refractivity contribution in [2.45, 2.75) is 18.3 Å². The second-order valence-corrected chi connectivity index (χ2v) is 5.77. The molecule has 1 amide bonds. The van der Waals surface area contributed by atoms with Crippen molar-refractivity contribution in [2.75, 3.05) is 17.7 Å². The van der Waals surface area contributed by atoms with Gasteiger partial charge in [-0.25, -0.2) is 0 Å². The summed E-state index contributed by atoms with van der Waals surface area (Å²) >= 11 is 0. The van der Waals surface area contributed by atoms with Crippen LogP contribution in [0.1, 0.15) is 18.4 Å². The Morgan fingerprint density at radius 1 is 1.13 bits per heavy atom. The third-order valence-electron chi connectivity index (χ3n) is 4.35. The van der Waals surface area contributed by atoms with Crippen LogP contribution in [0.3, 0.4) is 0 Å². The zero-order valence-corrected chi connectivity index (χ0v) is 12.8. The van der Waals surface area contributed by atoms with E-state index in [0.717, 1.165) is 24.2 Å². The molecular formula is C17H17N5O. The van der Waals surface area contributed by atoms with Crippen molar-refractivity contribution in [3.05, 3.63) is 54.1 Å². The third kappa shape index (κ3) is 2.23. The number of hydrogen-bond donors (Lipinski definition) is 2. The number of hydrogen-bond acceptors (Lipinski definition) is 4. The fraction of sp³-hybridized carbons (Fsp3) is 0.235. The first-order valence-corrected chi connectivity index (χ1v) is 7.63. The van der Waals surface area contributed by atoms with Gasteiger partial charge >= 0.3 is 0 Å². The molecular weight excluding hydrogens is 290 g/mol. The number of benzene rings is 1. The van der Waals surface area contributed by atoms with E-state index in [1.807, 2.05) is 55.6 Å². The number of rotatable bonds is 4. The van der Waals surface area contributed by atoms with Gasteiger partial charge in [-0.1, -0.05) is 36.4 Å². The molecule has 6 nitrogen and oxygen atoms in total. The molecule has 0 spiro atoms. The molecule has 0 unspecified atom stereocenters. The minimum atomic E-state index is -0.426. The van der Waals surface area contributed by atoms with Crippen molar-refractivity contribution in [2.24, 2.45) is 0 Å². The van der Waals surface area contributed by atoms with Gasteiger partial charge in [0.1, 0.15) is 5.82 Å². The normalized spacial score (nSPS) is 15.3. The molecule has 1 aliphatic carbocycles. The van der Waals surface area contributed by atoms with Crippen molar-refractivity contribution in [3.8, 4) is 0 Å². The molecule has 0 atom stereocenters. The molecule has 23 heavy (non-hydrogen) atoms. The maximum Gasteiger partial charge on any atom is 0.249 e. The van der Waals surface area contributed by atoms with Gasteiger partial charge in [-0.2, -0.15) is 9.50 Å². The number of carbonyl (C=O) groups excluding carboxylic acids is 1. The Balaban J connectivity index is 1.62. The molecule has 0 radical (unpaired) electrons. The monoisotopic (exact) mass is 307 g/mol. The van der Waals surface area contributed by atoms with Gasteiger partial charge < -0.3 is 5.32 Å². The maximum absolute atomic E-state index is 12.7. The molecule has 0 aliphatic heterocycles. The maximum atomic E-state index is 12.7. The summed E-state index contributed by atoms with van der Waals surface area (Å²) in [5, 5.41) is 10.3. The average Bonchev–Trinajstić information content (AvgIpc) is 3.30. The number of fused-ring (bicyclic) bond motifs is 1. The highest BCUT2D eigenvalue weighted by Crippen LogP contribution is 2.48. The molecule has 6 heteroatoms. The Morgan fingerprint density at radius 2 is 1.91 bits per heavy atom. The fourth-order valence-electron chi connectivity index (χ4n) is 2.90. The molecule has 1 aromatic carbocycles. The highest BCUT2D eigenvalue weighted by Gasteiger charge is 2.51. The first-order chi connectivity index (χ1) is 11.2. The van der Waals surface area contributed by atoms with E-state index in [4.69, 9.17) is 0 Å². The van der Waals surface area contributed by atoms with E-state index in [-0.39, 0.29) is 5.91 Å². The van der Waals surface area contributed by atoms with Gasteiger partial charge in [0.2, 0.25) is 11.9 Å². The van der Waals surface area contributed by atoms with Gasteiger partial charge in [-0.15, -0.1) is 5.10 Å². The molecule has 4 rings (SSSR count). The zero-order chi connectivity index (χ0) is 15.9. The summed E-state index contributed by atoms with van der Waals surface area (Å²) < 4.78 is 1.68. The lowest BCUT2D eigenvalue weighted by Crippen LogP contribution is -2.28. The van der Waals surface area contributed by atoms with Crippen molar-refractivity contribution in [3.63, 3.8) is 0 Å². The lowest BCUT2D eigenvalue weighted by Gasteiger charge is -2.13. The molecule has 1 fully saturated rings. The molecule has 0 saturated heterocycles. The summed E-state index contributed by atoms with van der Waals surface area (Å²) in [6.07, 6.45) is 1.72. The van der Waals surface area contributed by atoms with Crippen LogP contribution in [0.5, 0.6) is 0 Å². The van der Waals surface area contributed by atoms with Gasteiger partial charge in [0, 0.05) is 7.05 Å². The standard InChI is InChI=1S/C17H17N5O/c1-18-13-8-5-9-14-19-16(21-22(13)14)20-15(23)17(10-11-17)12-6-3-2-4-7-12/h2-9,18H,10-11H2,1H3,(H,20,21,23). The van der Waals surface area contributed by atoms with Gasteiger partial charge in [-0.3, -0.25) is 10.1 Å². The number of aromatic nitrogens is 3. The van der Waals surface area contributed by atoms with Crippen molar-refractivity contribution >= 4 is 23.3 Å². The lowest BCUT2D eigenvalue weighted by molar-refractivity contribution is -0.118. The SMILES string of the molecule is CNc1cccc2nc(NC(=O)C3(c4ccccc4)CC3)nn12. The second kappa shape index (κ2) is 5.08. The molecule has 2 aromatic heterocycles. The highest BCUT2D eigenvalue weighted by molar-refractivity contribution is 6.00. The van der Waals surface area contributed by atoms with Gasteiger partial charge in [0.15, 0.2) is 5.65 Å². The Morgan fingerprint density at radius 3 is 2.61 bits per heavy atom. The smallest absolute Gasteiger partial charge is 0.249 e. The molecule has 3 aromatic rings. The van der Waals surface area contributed by atoms with Crippen LogP contribution >= 0.6 is 0 Å². The van der Waals surface area contributed by atoms with Crippen LogP contribution in [0, 0.1) is 0 Å². The van der Waals surface area contributed by atoms with Crippen molar-refractivity contribution in [1.82, 2.24) is 14.6 Å². The Labute approximate surface area is 133 Å². The van der Waals surface area contributed by atoms with Crippen LogP contribution < -0.4 is 10.6 Å². The van der Waals surface area contributed by atoms with Crippen molar-refractivity contribution in [1.29, 1.82) is 0 Å². The first-order valence-electron chi connectivity index (χ1n) is 7.63. The van der Waals surface area contributed by atoms with Crippen LogP contribution in [0.4, 0.5) is 11.8 Å². The number of pyridine rings is 1. The minimum absolute atomic E-state index is 0.0365. The van der Waals surface area contributed by atoms with E-state index in [1.165, 1.54) is 0 Å². The molecule has 0 bridgehead atoms.